The molecule has 1 saturated heterocycles. The zero-order chi connectivity index (χ0) is 22.5. The van der Waals surface area contributed by atoms with Crippen LogP contribution < -0.4 is 14.4 Å². The molecule has 1 N–H and O–H groups in total. The number of aromatic nitrogens is 1. The molecule has 0 radical (unpaired) electrons. The van der Waals surface area contributed by atoms with Crippen LogP contribution in [-0.4, -0.2) is 49.5 Å². The number of methoxy groups -OCH3 is 1. The van der Waals surface area contributed by atoms with Gasteiger partial charge < -0.3 is 24.2 Å². The number of morpholine rings is 1. The Morgan fingerprint density at radius 1 is 1.22 bits per heavy atom. The summed E-state index contributed by atoms with van der Waals surface area (Å²) in [4.78, 5) is 18.0. The first-order valence-corrected chi connectivity index (χ1v) is 11.4. The average molecular weight is 441 g/mol. The van der Waals surface area contributed by atoms with Crippen molar-refractivity contribution in [2.45, 2.75) is 38.7 Å². The minimum Gasteiger partial charge on any atom is -0.496 e. The summed E-state index contributed by atoms with van der Waals surface area (Å²) in [5, 5.41) is 9.31. The molecule has 0 amide bonds. The zero-order valence-electron chi connectivity index (χ0n) is 18.8. The van der Waals surface area contributed by atoms with Gasteiger partial charge in [0.05, 0.1) is 38.4 Å². The molecule has 1 aliphatic heterocycles. The number of carboxylic acids is 1. The number of rotatable bonds is 7. The highest BCUT2D eigenvalue weighted by molar-refractivity contribution is 5.91. The molecule has 7 nitrogen and oxygen atoms in total. The van der Waals surface area contributed by atoms with E-state index in [9.17, 15) is 9.90 Å². The Hall–Kier alpha value is -2.80. The van der Waals surface area contributed by atoms with Gasteiger partial charge >= 0.3 is 5.97 Å². The molecule has 2 aromatic rings. The van der Waals surface area contributed by atoms with Gasteiger partial charge in [-0.3, -0.25) is 4.98 Å². The lowest BCUT2D eigenvalue weighted by atomic mass is 9.83. The quantitative estimate of drug-likeness (QED) is 0.675. The van der Waals surface area contributed by atoms with E-state index in [-0.39, 0.29) is 11.7 Å². The monoisotopic (exact) mass is 440 g/mol. The van der Waals surface area contributed by atoms with Crippen LogP contribution in [0.25, 0.3) is 0 Å². The molecule has 0 spiro atoms. The van der Waals surface area contributed by atoms with Gasteiger partial charge in [-0.15, -0.1) is 0 Å². The average Bonchev–Trinajstić information content (AvgIpc) is 2.83. The number of hydrogen-bond donors (Lipinski definition) is 1. The number of pyridine rings is 1. The highest BCUT2D eigenvalue weighted by Crippen LogP contribution is 2.32. The number of ether oxygens (including phenoxy) is 3. The van der Waals surface area contributed by atoms with Gasteiger partial charge in [-0.2, -0.15) is 0 Å². The highest BCUT2D eigenvalue weighted by Gasteiger charge is 2.25. The highest BCUT2D eigenvalue weighted by atomic mass is 16.5. The fourth-order valence-electron chi connectivity index (χ4n) is 4.54. The molecule has 1 atom stereocenters. The van der Waals surface area contributed by atoms with E-state index in [1.807, 2.05) is 6.20 Å². The minimum absolute atomic E-state index is 0.144. The van der Waals surface area contributed by atoms with Gasteiger partial charge in [0, 0.05) is 19.2 Å². The molecule has 32 heavy (non-hydrogen) atoms. The molecule has 1 aliphatic carbocycles. The molecule has 1 aromatic heterocycles. The Morgan fingerprint density at radius 2 is 2.03 bits per heavy atom. The van der Waals surface area contributed by atoms with Gasteiger partial charge in [0.25, 0.3) is 0 Å². The van der Waals surface area contributed by atoms with Gasteiger partial charge in [-0.05, 0) is 42.4 Å². The van der Waals surface area contributed by atoms with E-state index in [0.717, 1.165) is 36.1 Å². The second kappa shape index (κ2) is 10.2. The number of hydrogen-bond acceptors (Lipinski definition) is 6. The second-order valence-electron chi connectivity index (χ2n) is 8.89. The van der Waals surface area contributed by atoms with Crippen molar-refractivity contribution in [3.8, 4) is 11.5 Å². The van der Waals surface area contributed by atoms with E-state index in [4.69, 9.17) is 14.2 Å². The molecule has 1 unspecified atom stereocenters. The summed E-state index contributed by atoms with van der Waals surface area (Å²) in [6, 6.07) is 7.17. The minimum atomic E-state index is -1.01. The van der Waals surface area contributed by atoms with Crippen LogP contribution in [0.4, 0.5) is 5.69 Å². The van der Waals surface area contributed by atoms with Crippen molar-refractivity contribution in [3.05, 3.63) is 47.8 Å². The van der Waals surface area contributed by atoms with Crippen LogP contribution in [0.3, 0.4) is 0 Å². The van der Waals surface area contributed by atoms with Crippen molar-refractivity contribution in [1.29, 1.82) is 0 Å². The summed E-state index contributed by atoms with van der Waals surface area (Å²) in [6.07, 6.45) is 8.51. The molecule has 2 fully saturated rings. The zero-order valence-corrected chi connectivity index (χ0v) is 18.8. The van der Waals surface area contributed by atoms with E-state index < -0.39 is 5.97 Å². The van der Waals surface area contributed by atoms with E-state index in [2.05, 4.69) is 22.9 Å². The van der Waals surface area contributed by atoms with Gasteiger partial charge in [0.15, 0.2) is 0 Å². The topological polar surface area (TPSA) is 81.1 Å². The van der Waals surface area contributed by atoms with Crippen LogP contribution >= 0.6 is 0 Å². The summed E-state index contributed by atoms with van der Waals surface area (Å²) in [6.45, 7) is 5.04. The van der Waals surface area contributed by atoms with Crippen LogP contribution in [0.5, 0.6) is 11.5 Å². The van der Waals surface area contributed by atoms with Crippen molar-refractivity contribution in [2.75, 3.05) is 38.3 Å². The second-order valence-corrected chi connectivity index (χ2v) is 8.89. The summed E-state index contributed by atoms with van der Waals surface area (Å²) >= 11 is 0. The van der Waals surface area contributed by atoms with Crippen molar-refractivity contribution in [3.63, 3.8) is 0 Å². The van der Waals surface area contributed by atoms with Crippen molar-refractivity contribution in [2.24, 2.45) is 11.8 Å². The Kier molecular flexibility index (Phi) is 7.15. The number of anilines is 1. The van der Waals surface area contributed by atoms with Gasteiger partial charge in [-0.25, -0.2) is 4.79 Å². The normalized spacial score (nSPS) is 23.6. The summed E-state index contributed by atoms with van der Waals surface area (Å²) in [5.74, 6) is 1.60. The third-order valence-electron chi connectivity index (χ3n) is 6.58. The smallest absolute Gasteiger partial charge is 0.339 e. The maximum absolute atomic E-state index is 11.4. The molecule has 1 aromatic carbocycles. The predicted molar refractivity (Wildman–Crippen MR) is 122 cm³/mol. The van der Waals surface area contributed by atoms with Crippen molar-refractivity contribution < 1.29 is 24.1 Å². The van der Waals surface area contributed by atoms with E-state index in [1.165, 1.54) is 32.8 Å². The van der Waals surface area contributed by atoms with Crippen LogP contribution in [0.15, 0.2) is 36.7 Å². The SMILES string of the molecule is COc1cc(C2CN(c3cncc(OCC4CCC(C)CC4)c3)CCO2)ccc1C(=O)O. The third-order valence-corrected chi connectivity index (χ3v) is 6.58. The Labute approximate surface area is 189 Å². The standard InChI is InChI=1S/C25H32N2O5/c1-17-3-5-18(6-4-17)16-32-21-12-20(13-26-14-21)27-9-10-31-24(15-27)19-7-8-22(25(28)29)23(11-19)30-2/h7-8,11-14,17-18,24H,3-6,9-10,15-16H2,1-2H3,(H,28,29). The summed E-state index contributed by atoms with van der Waals surface area (Å²) < 4.78 is 17.4. The molecular weight excluding hydrogens is 408 g/mol. The van der Waals surface area contributed by atoms with Crippen molar-refractivity contribution in [1.82, 2.24) is 4.98 Å². The van der Waals surface area contributed by atoms with Crippen LogP contribution in [-0.2, 0) is 4.74 Å². The maximum atomic E-state index is 11.4. The fourth-order valence-corrected chi connectivity index (χ4v) is 4.54. The lowest BCUT2D eigenvalue weighted by molar-refractivity contribution is 0.0395. The lowest BCUT2D eigenvalue weighted by Crippen LogP contribution is -2.38. The maximum Gasteiger partial charge on any atom is 0.339 e. The molecule has 7 heteroatoms. The molecule has 2 heterocycles. The predicted octanol–water partition coefficient (Wildman–Crippen LogP) is 4.57. The van der Waals surface area contributed by atoms with E-state index in [1.54, 1.807) is 24.4 Å². The van der Waals surface area contributed by atoms with Crippen LogP contribution in [0.2, 0.25) is 0 Å². The van der Waals surface area contributed by atoms with Gasteiger partial charge in [-0.1, -0.05) is 25.8 Å². The van der Waals surface area contributed by atoms with Gasteiger partial charge in [0.1, 0.15) is 23.2 Å². The third kappa shape index (κ3) is 5.33. The summed E-state index contributed by atoms with van der Waals surface area (Å²) in [5.41, 5.74) is 2.04. The lowest BCUT2D eigenvalue weighted by Gasteiger charge is -2.35. The first-order chi connectivity index (χ1) is 15.5. The summed E-state index contributed by atoms with van der Waals surface area (Å²) in [7, 11) is 1.48. The molecule has 0 bridgehead atoms. The molecule has 1 saturated carbocycles. The van der Waals surface area contributed by atoms with Crippen LogP contribution in [0, 0.1) is 11.8 Å². The van der Waals surface area contributed by atoms with E-state index in [0.29, 0.717) is 24.8 Å². The van der Waals surface area contributed by atoms with Crippen LogP contribution in [0.1, 0.15) is 54.6 Å². The molecule has 4 rings (SSSR count). The Bertz CT molecular complexity index is 926. The number of benzene rings is 1. The van der Waals surface area contributed by atoms with Gasteiger partial charge in [0.2, 0.25) is 0 Å². The number of carboxylic acid groups (broad SMARTS) is 1. The largest absolute Gasteiger partial charge is 0.496 e. The first kappa shape index (κ1) is 22.4. The fraction of sp³-hybridized carbons (Fsp3) is 0.520. The molecule has 172 valence electrons. The number of nitrogens with zero attached hydrogens (tertiary/aromatic N) is 2. The number of aromatic carboxylic acids is 1. The van der Waals surface area contributed by atoms with Crippen molar-refractivity contribution >= 4 is 11.7 Å². The molecule has 2 aliphatic rings. The number of carbonyl (C=O) groups is 1. The first-order valence-electron chi connectivity index (χ1n) is 11.4. The molecular formula is C25H32N2O5. The Morgan fingerprint density at radius 3 is 2.78 bits per heavy atom. The Balaban J connectivity index is 1.41. The van der Waals surface area contributed by atoms with E-state index >= 15 is 0 Å².